The zero-order valence-corrected chi connectivity index (χ0v) is 14.0. The van der Waals surface area contributed by atoms with E-state index >= 15 is 0 Å². The summed E-state index contributed by atoms with van der Waals surface area (Å²) in [7, 11) is 0. The number of carboxylic acid groups (broad SMARTS) is 1. The molecule has 9 heteroatoms. The standard InChI is InChI=1S/C15H26N4O5/c1-8(2)6-10(15(23)24)18-13(21)11-4-3-5-19(11)14(22)9(16)7-12(17)20/h8-11H,3-7,16H2,1-2H3,(H2,17,20)(H,18,21)(H,23,24). The van der Waals surface area contributed by atoms with E-state index < -0.39 is 41.8 Å². The molecule has 24 heavy (non-hydrogen) atoms. The summed E-state index contributed by atoms with van der Waals surface area (Å²) < 4.78 is 0. The number of likely N-dealkylation sites (tertiary alicyclic amines) is 1. The maximum Gasteiger partial charge on any atom is 0.326 e. The van der Waals surface area contributed by atoms with E-state index in [0.717, 1.165) is 0 Å². The van der Waals surface area contributed by atoms with Gasteiger partial charge in [-0.1, -0.05) is 13.8 Å². The number of rotatable bonds is 8. The normalized spacial score (nSPS) is 19.8. The fraction of sp³-hybridized carbons (Fsp3) is 0.733. The summed E-state index contributed by atoms with van der Waals surface area (Å²) >= 11 is 0. The molecule has 3 amide bonds. The second-order valence-electron chi connectivity index (χ2n) is 6.50. The summed E-state index contributed by atoms with van der Waals surface area (Å²) in [6.07, 6.45) is 1.03. The van der Waals surface area contributed by atoms with Gasteiger partial charge in [0.1, 0.15) is 12.1 Å². The van der Waals surface area contributed by atoms with Crippen molar-refractivity contribution < 1.29 is 24.3 Å². The minimum atomic E-state index is -1.11. The Morgan fingerprint density at radius 2 is 1.92 bits per heavy atom. The number of aliphatic carboxylic acids is 1. The summed E-state index contributed by atoms with van der Waals surface area (Å²) in [5, 5.41) is 11.7. The lowest BCUT2D eigenvalue weighted by Gasteiger charge is -2.27. The Morgan fingerprint density at radius 3 is 2.42 bits per heavy atom. The Morgan fingerprint density at radius 1 is 1.29 bits per heavy atom. The first-order valence-corrected chi connectivity index (χ1v) is 8.01. The van der Waals surface area contributed by atoms with Crippen LogP contribution in [-0.4, -0.2) is 58.4 Å². The van der Waals surface area contributed by atoms with Crippen molar-refractivity contribution in [3.63, 3.8) is 0 Å². The fourth-order valence-corrected chi connectivity index (χ4v) is 2.78. The molecule has 3 unspecified atom stereocenters. The Hall–Kier alpha value is -2.16. The van der Waals surface area contributed by atoms with Gasteiger partial charge in [-0.3, -0.25) is 14.4 Å². The Balaban J connectivity index is 2.76. The lowest BCUT2D eigenvalue weighted by Crippen LogP contribution is -2.54. The van der Waals surface area contributed by atoms with Gasteiger partial charge in [-0.2, -0.15) is 0 Å². The number of nitrogens with zero attached hydrogens (tertiary/aromatic N) is 1. The molecule has 0 bridgehead atoms. The topological polar surface area (TPSA) is 156 Å². The van der Waals surface area contributed by atoms with E-state index in [2.05, 4.69) is 5.32 Å². The highest BCUT2D eigenvalue weighted by molar-refractivity contribution is 5.93. The Labute approximate surface area is 140 Å². The number of nitrogens with two attached hydrogens (primary N) is 2. The van der Waals surface area contributed by atoms with Crippen LogP contribution in [0.5, 0.6) is 0 Å². The first-order valence-electron chi connectivity index (χ1n) is 8.01. The highest BCUT2D eigenvalue weighted by Gasteiger charge is 2.37. The molecule has 0 aromatic carbocycles. The van der Waals surface area contributed by atoms with Crippen LogP contribution in [0.25, 0.3) is 0 Å². The highest BCUT2D eigenvalue weighted by atomic mass is 16.4. The Bertz CT molecular complexity index is 508. The van der Waals surface area contributed by atoms with E-state index in [1.807, 2.05) is 13.8 Å². The zero-order chi connectivity index (χ0) is 18.4. The predicted octanol–water partition coefficient (Wildman–Crippen LogP) is -1.20. The third-order valence-electron chi connectivity index (χ3n) is 3.90. The van der Waals surface area contributed by atoms with E-state index in [4.69, 9.17) is 11.5 Å². The van der Waals surface area contributed by atoms with Crippen LogP contribution in [0.3, 0.4) is 0 Å². The molecular weight excluding hydrogens is 316 g/mol. The molecule has 0 aliphatic carbocycles. The van der Waals surface area contributed by atoms with Crippen molar-refractivity contribution in [3.8, 4) is 0 Å². The smallest absolute Gasteiger partial charge is 0.326 e. The largest absolute Gasteiger partial charge is 0.480 e. The van der Waals surface area contributed by atoms with Gasteiger partial charge in [-0.25, -0.2) is 4.79 Å². The van der Waals surface area contributed by atoms with E-state index in [1.165, 1.54) is 4.90 Å². The van der Waals surface area contributed by atoms with Gasteiger partial charge in [0, 0.05) is 6.54 Å². The van der Waals surface area contributed by atoms with Crippen molar-refractivity contribution in [2.75, 3.05) is 6.54 Å². The molecule has 136 valence electrons. The molecule has 9 nitrogen and oxygen atoms in total. The van der Waals surface area contributed by atoms with E-state index in [0.29, 0.717) is 25.8 Å². The van der Waals surface area contributed by atoms with Gasteiger partial charge >= 0.3 is 5.97 Å². The number of carbonyl (C=O) groups is 4. The average Bonchev–Trinajstić information content (AvgIpc) is 2.93. The minimum Gasteiger partial charge on any atom is -0.480 e. The van der Waals surface area contributed by atoms with Gasteiger partial charge in [0.2, 0.25) is 17.7 Å². The van der Waals surface area contributed by atoms with Gasteiger partial charge in [0.05, 0.1) is 12.5 Å². The highest BCUT2D eigenvalue weighted by Crippen LogP contribution is 2.19. The van der Waals surface area contributed by atoms with E-state index in [1.54, 1.807) is 0 Å². The third kappa shape index (κ3) is 5.48. The van der Waals surface area contributed by atoms with Gasteiger partial charge in [0.25, 0.3) is 0 Å². The average molecular weight is 342 g/mol. The van der Waals surface area contributed by atoms with Gasteiger partial charge in [-0.05, 0) is 25.2 Å². The van der Waals surface area contributed by atoms with Crippen LogP contribution in [0.2, 0.25) is 0 Å². The summed E-state index contributed by atoms with van der Waals surface area (Å²) in [6, 6.07) is -2.87. The van der Waals surface area contributed by atoms with Crippen LogP contribution in [-0.2, 0) is 19.2 Å². The number of amides is 3. The van der Waals surface area contributed by atoms with Gasteiger partial charge < -0.3 is 26.8 Å². The summed E-state index contributed by atoms with van der Waals surface area (Å²) in [5.74, 6) is -2.75. The lowest BCUT2D eigenvalue weighted by atomic mass is 10.0. The molecule has 0 spiro atoms. The van der Waals surface area contributed by atoms with E-state index in [-0.39, 0.29) is 12.3 Å². The molecular formula is C15H26N4O5. The number of nitrogens with one attached hydrogen (secondary N) is 1. The van der Waals surface area contributed by atoms with Crippen LogP contribution >= 0.6 is 0 Å². The number of primary amides is 1. The summed E-state index contributed by atoms with van der Waals surface area (Å²) in [6.45, 7) is 4.05. The first-order chi connectivity index (χ1) is 11.1. The molecule has 6 N–H and O–H groups in total. The van der Waals surface area contributed by atoms with Crippen LogP contribution in [0, 0.1) is 5.92 Å². The molecule has 1 heterocycles. The van der Waals surface area contributed by atoms with E-state index in [9.17, 15) is 24.3 Å². The first kappa shape index (κ1) is 19.9. The molecule has 0 aromatic heterocycles. The molecule has 1 fully saturated rings. The summed E-state index contributed by atoms with van der Waals surface area (Å²) in [4.78, 5) is 48.2. The number of carboxylic acids is 1. The third-order valence-corrected chi connectivity index (χ3v) is 3.90. The minimum absolute atomic E-state index is 0.0942. The number of hydrogen-bond donors (Lipinski definition) is 4. The molecule has 1 aliphatic rings. The number of hydrogen-bond acceptors (Lipinski definition) is 5. The SMILES string of the molecule is CC(C)CC(NC(=O)C1CCCN1C(=O)C(N)CC(N)=O)C(=O)O. The zero-order valence-electron chi connectivity index (χ0n) is 14.0. The van der Waals surface area contributed by atoms with Gasteiger partial charge in [-0.15, -0.1) is 0 Å². The second kappa shape index (κ2) is 8.62. The van der Waals surface area contributed by atoms with Crippen LogP contribution in [0.1, 0.15) is 39.5 Å². The lowest BCUT2D eigenvalue weighted by molar-refractivity contribution is -0.144. The molecule has 1 rings (SSSR count). The second-order valence-corrected chi connectivity index (χ2v) is 6.50. The molecule has 1 saturated heterocycles. The molecule has 0 radical (unpaired) electrons. The van der Waals surface area contributed by atoms with Crippen molar-refractivity contribution in [3.05, 3.63) is 0 Å². The number of carbonyl (C=O) groups excluding carboxylic acids is 3. The van der Waals surface area contributed by atoms with Crippen LogP contribution < -0.4 is 16.8 Å². The van der Waals surface area contributed by atoms with Crippen LogP contribution in [0.15, 0.2) is 0 Å². The van der Waals surface area contributed by atoms with Crippen molar-refractivity contribution in [1.29, 1.82) is 0 Å². The van der Waals surface area contributed by atoms with Crippen molar-refractivity contribution in [2.45, 2.75) is 57.7 Å². The predicted molar refractivity (Wildman–Crippen MR) is 85.5 cm³/mol. The van der Waals surface area contributed by atoms with Crippen LogP contribution in [0.4, 0.5) is 0 Å². The Kier molecular flexibility index (Phi) is 7.15. The van der Waals surface area contributed by atoms with Crippen molar-refractivity contribution in [1.82, 2.24) is 10.2 Å². The van der Waals surface area contributed by atoms with Crippen molar-refractivity contribution >= 4 is 23.7 Å². The monoisotopic (exact) mass is 342 g/mol. The van der Waals surface area contributed by atoms with Crippen molar-refractivity contribution in [2.24, 2.45) is 17.4 Å². The molecule has 0 saturated carbocycles. The molecule has 0 aromatic rings. The quantitative estimate of drug-likeness (QED) is 0.434. The molecule has 1 aliphatic heterocycles. The summed E-state index contributed by atoms with van der Waals surface area (Å²) in [5.41, 5.74) is 10.7. The maximum absolute atomic E-state index is 12.4. The fourth-order valence-electron chi connectivity index (χ4n) is 2.78. The maximum atomic E-state index is 12.4. The molecule has 3 atom stereocenters. The van der Waals surface area contributed by atoms with Gasteiger partial charge in [0.15, 0.2) is 0 Å².